The van der Waals surface area contributed by atoms with Crippen molar-refractivity contribution in [2.75, 3.05) is 17.8 Å². The highest BCUT2D eigenvalue weighted by molar-refractivity contribution is 8.00. The Morgan fingerprint density at radius 2 is 2.00 bits per heavy atom. The summed E-state index contributed by atoms with van der Waals surface area (Å²) in [6.45, 7) is 2.05. The molecular weight excluding hydrogens is 266 g/mol. The Morgan fingerprint density at radius 1 is 1.28 bits per heavy atom. The van der Waals surface area contributed by atoms with E-state index in [4.69, 9.17) is 0 Å². The summed E-state index contributed by atoms with van der Waals surface area (Å²) in [5, 5.41) is 2.03. The number of rotatable bonds is 4. The summed E-state index contributed by atoms with van der Waals surface area (Å²) in [4.78, 5) is 4.52. The summed E-state index contributed by atoms with van der Waals surface area (Å²) in [5.41, 5.74) is 2.13. The Balaban J connectivity index is 2.19. The monoisotopic (exact) mass is 281 g/mol. The first-order valence-corrected chi connectivity index (χ1v) is 8.67. The molecule has 5 heteroatoms. The second-order valence-corrected chi connectivity index (χ2v) is 7.65. The van der Waals surface area contributed by atoms with E-state index in [1.54, 1.807) is 0 Å². The van der Waals surface area contributed by atoms with Crippen LogP contribution in [0.1, 0.15) is 5.56 Å². The van der Waals surface area contributed by atoms with Gasteiger partial charge < -0.3 is 0 Å². The number of para-hydroxylation sites is 1. The van der Waals surface area contributed by atoms with Gasteiger partial charge in [-0.3, -0.25) is 0 Å². The van der Waals surface area contributed by atoms with Crippen LogP contribution in [-0.4, -0.2) is 31.2 Å². The lowest BCUT2D eigenvalue weighted by Gasteiger charge is -2.05. The molecule has 2 aromatic rings. The molecule has 96 valence electrons. The van der Waals surface area contributed by atoms with Crippen molar-refractivity contribution in [2.24, 2.45) is 0 Å². The van der Waals surface area contributed by atoms with Crippen LogP contribution in [0, 0.1) is 6.92 Å². The van der Waals surface area contributed by atoms with Gasteiger partial charge in [0.2, 0.25) is 0 Å². The summed E-state index contributed by atoms with van der Waals surface area (Å²) in [6.07, 6.45) is 1.26. The molecule has 0 fully saturated rings. The average molecular weight is 281 g/mol. The summed E-state index contributed by atoms with van der Waals surface area (Å²) in [6, 6.07) is 9.98. The number of pyridine rings is 1. The molecule has 18 heavy (non-hydrogen) atoms. The molecule has 1 aromatic carbocycles. The second kappa shape index (κ2) is 5.28. The number of sulfone groups is 1. The third-order valence-electron chi connectivity index (χ3n) is 2.60. The number of aryl methyl sites for hydroxylation is 1. The molecule has 0 spiro atoms. The van der Waals surface area contributed by atoms with Gasteiger partial charge in [-0.2, -0.15) is 0 Å². The topological polar surface area (TPSA) is 47.0 Å². The Labute approximate surface area is 112 Å². The number of aromatic nitrogens is 1. The molecule has 1 aromatic heterocycles. The maximum Gasteiger partial charge on any atom is 0.148 e. The molecule has 3 nitrogen and oxygen atoms in total. The van der Waals surface area contributed by atoms with Crippen LogP contribution in [0.4, 0.5) is 0 Å². The quantitative estimate of drug-likeness (QED) is 0.808. The SMILES string of the molecule is Cc1cc(SCCS(C)(=O)=O)nc2ccccc12. The number of fused-ring (bicyclic) bond motifs is 1. The number of benzene rings is 1. The molecule has 0 saturated carbocycles. The number of thioether (sulfide) groups is 1. The zero-order chi connectivity index (χ0) is 13.2. The van der Waals surface area contributed by atoms with Crippen molar-refractivity contribution in [2.45, 2.75) is 11.9 Å². The van der Waals surface area contributed by atoms with Crippen molar-refractivity contribution in [1.29, 1.82) is 0 Å². The minimum atomic E-state index is -2.90. The van der Waals surface area contributed by atoms with Crippen LogP contribution in [0.25, 0.3) is 10.9 Å². The molecule has 0 aliphatic carbocycles. The van der Waals surface area contributed by atoms with Crippen LogP contribution in [-0.2, 0) is 9.84 Å². The standard InChI is InChI=1S/C13H15NO2S2/c1-10-9-13(17-7-8-18(2,15)16)14-12-6-4-3-5-11(10)12/h3-6,9H,7-8H2,1-2H3. The predicted octanol–water partition coefficient (Wildman–Crippen LogP) is 2.68. The highest BCUT2D eigenvalue weighted by Crippen LogP contribution is 2.23. The first-order chi connectivity index (χ1) is 8.46. The Morgan fingerprint density at radius 3 is 2.72 bits per heavy atom. The second-order valence-electron chi connectivity index (χ2n) is 4.27. The highest BCUT2D eigenvalue weighted by atomic mass is 32.2. The highest BCUT2D eigenvalue weighted by Gasteiger charge is 2.05. The molecule has 0 radical (unpaired) electrons. The third kappa shape index (κ3) is 3.46. The summed E-state index contributed by atoms with van der Waals surface area (Å²) < 4.78 is 22.1. The van der Waals surface area contributed by atoms with Crippen molar-refractivity contribution in [3.05, 3.63) is 35.9 Å². The average Bonchev–Trinajstić information content (AvgIpc) is 2.27. The summed E-state index contributed by atoms with van der Waals surface area (Å²) in [5.74, 6) is 0.731. The van der Waals surface area contributed by atoms with E-state index in [1.807, 2.05) is 37.3 Å². The van der Waals surface area contributed by atoms with Crippen LogP contribution in [0.2, 0.25) is 0 Å². The Hall–Kier alpha value is -1.07. The van der Waals surface area contributed by atoms with Crippen LogP contribution in [0.3, 0.4) is 0 Å². The zero-order valence-electron chi connectivity index (χ0n) is 10.4. The van der Waals surface area contributed by atoms with Gasteiger partial charge >= 0.3 is 0 Å². The molecule has 0 unspecified atom stereocenters. The zero-order valence-corrected chi connectivity index (χ0v) is 12.0. The van der Waals surface area contributed by atoms with Gasteiger partial charge in [0.05, 0.1) is 16.3 Å². The Bertz CT molecular complexity index is 666. The number of nitrogens with zero attached hydrogens (tertiary/aromatic N) is 1. The van der Waals surface area contributed by atoms with E-state index in [9.17, 15) is 8.42 Å². The largest absolute Gasteiger partial charge is 0.241 e. The molecule has 0 atom stereocenters. The van der Waals surface area contributed by atoms with E-state index in [-0.39, 0.29) is 5.75 Å². The van der Waals surface area contributed by atoms with Gasteiger partial charge in [0, 0.05) is 17.4 Å². The van der Waals surface area contributed by atoms with Gasteiger partial charge in [-0.25, -0.2) is 13.4 Å². The van der Waals surface area contributed by atoms with Crippen LogP contribution in [0.5, 0.6) is 0 Å². The minimum absolute atomic E-state index is 0.186. The van der Waals surface area contributed by atoms with E-state index in [0.29, 0.717) is 5.75 Å². The van der Waals surface area contributed by atoms with Gasteiger partial charge in [-0.1, -0.05) is 18.2 Å². The fourth-order valence-electron chi connectivity index (χ4n) is 1.69. The maximum absolute atomic E-state index is 11.1. The minimum Gasteiger partial charge on any atom is -0.241 e. The van der Waals surface area contributed by atoms with Crippen molar-refractivity contribution in [1.82, 2.24) is 4.98 Å². The number of hydrogen-bond donors (Lipinski definition) is 0. The molecule has 0 aliphatic rings. The van der Waals surface area contributed by atoms with E-state index in [2.05, 4.69) is 4.98 Å². The number of hydrogen-bond acceptors (Lipinski definition) is 4. The maximum atomic E-state index is 11.1. The summed E-state index contributed by atoms with van der Waals surface area (Å²) >= 11 is 1.49. The molecule has 0 saturated heterocycles. The van der Waals surface area contributed by atoms with Gasteiger partial charge in [0.1, 0.15) is 9.84 Å². The Kier molecular flexibility index (Phi) is 3.92. The summed E-state index contributed by atoms with van der Waals surface area (Å²) in [7, 11) is -2.90. The lowest BCUT2D eigenvalue weighted by atomic mass is 10.1. The lowest BCUT2D eigenvalue weighted by molar-refractivity contribution is 0.603. The van der Waals surface area contributed by atoms with E-state index in [0.717, 1.165) is 15.9 Å². The van der Waals surface area contributed by atoms with Gasteiger partial charge in [-0.15, -0.1) is 11.8 Å². The fourth-order valence-corrected chi connectivity index (χ4v) is 3.87. The first-order valence-electron chi connectivity index (χ1n) is 5.62. The van der Waals surface area contributed by atoms with Gasteiger partial charge in [0.25, 0.3) is 0 Å². The third-order valence-corrected chi connectivity index (χ3v) is 4.72. The van der Waals surface area contributed by atoms with E-state index in [1.165, 1.54) is 23.6 Å². The van der Waals surface area contributed by atoms with Gasteiger partial charge in [-0.05, 0) is 24.6 Å². The van der Waals surface area contributed by atoms with E-state index < -0.39 is 9.84 Å². The first kappa shape index (κ1) is 13.4. The normalized spacial score (nSPS) is 11.9. The van der Waals surface area contributed by atoms with Gasteiger partial charge in [0.15, 0.2) is 0 Å². The molecule has 2 rings (SSSR count). The smallest absolute Gasteiger partial charge is 0.148 e. The lowest BCUT2D eigenvalue weighted by Crippen LogP contribution is -2.05. The van der Waals surface area contributed by atoms with Crippen LogP contribution < -0.4 is 0 Å². The molecule has 0 amide bonds. The molecule has 0 bridgehead atoms. The van der Waals surface area contributed by atoms with Crippen LogP contribution >= 0.6 is 11.8 Å². The molecule has 1 heterocycles. The molecule has 0 aliphatic heterocycles. The van der Waals surface area contributed by atoms with Crippen LogP contribution in [0.15, 0.2) is 35.4 Å². The van der Waals surface area contributed by atoms with Crippen molar-refractivity contribution < 1.29 is 8.42 Å². The van der Waals surface area contributed by atoms with Crippen molar-refractivity contribution in [3.8, 4) is 0 Å². The van der Waals surface area contributed by atoms with Crippen molar-refractivity contribution >= 4 is 32.5 Å². The predicted molar refractivity (Wildman–Crippen MR) is 76.9 cm³/mol. The molecular formula is C13H15NO2S2. The van der Waals surface area contributed by atoms with E-state index >= 15 is 0 Å². The molecule has 0 N–H and O–H groups in total. The fraction of sp³-hybridized carbons (Fsp3) is 0.308. The van der Waals surface area contributed by atoms with Crippen molar-refractivity contribution in [3.63, 3.8) is 0 Å².